The quantitative estimate of drug-likeness (QED) is 0.815. The summed E-state index contributed by atoms with van der Waals surface area (Å²) in [6, 6.07) is 4.17. The number of halogens is 1. The Balaban J connectivity index is 2.37. The largest absolute Gasteiger partial charge is 0.338 e. The van der Waals surface area contributed by atoms with Crippen LogP contribution in [-0.4, -0.2) is 49.7 Å². The van der Waals surface area contributed by atoms with Crippen molar-refractivity contribution in [3.63, 3.8) is 0 Å². The maximum Gasteiger partial charge on any atom is 0.255 e. The first-order chi connectivity index (χ1) is 11.1. The first-order valence-corrected chi connectivity index (χ1v) is 10.0. The summed E-state index contributed by atoms with van der Waals surface area (Å²) in [5.41, 5.74) is 0.254. The number of rotatable bonds is 4. The molecule has 5 nitrogen and oxygen atoms in total. The molecule has 0 aliphatic carbocycles. The second-order valence-electron chi connectivity index (χ2n) is 6.76. The molecule has 0 saturated carbocycles. The fourth-order valence-corrected chi connectivity index (χ4v) is 4.41. The SMILES string of the molecule is CC(C)N(C)S(=O)(=O)c1ccc(Cl)c(C(=O)N2CCC[C@@H](C)C2)c1. The van der Waals surface area contributed by atoms with Crippen LogP contribution in [-0.2, 0) is 10.0 Å². The second-order valence-corrected chi connectivity index (χ2v) is 9.16. The maximum atomic E-state index is 12.8. The fourth-order valence-electron chi connectivity index (χ4n) is 2.82. The average molecular weight is 373 g/mol. The molecule has 7 heteroatoms. The van der Waals surface area contributed by atoms with E-state index in [0.717, 1.165) is 12.8 Å². The number of carbonyl (C=O) groups excluding carboxylic acids is 1. The van der Waals surface area contributed by atoms with E-state index in [-0.39, 0.29) is 27.4 Å². The number of likely N-dealkylation sites (tertiary alicyclic amines) is 1. The Morgan fingerprint density at radius 1 is 1.38 bits per heavy atom. The minimum Gasteiger partial charge on any atom is -0.338 e. The molecule has 1 aromatic rings. The maximum absolute atomic E-state index is 12.8. The summed E-state index contributed by atoms with van der Waals surface area (Å²) in [6.07, 6.45) is 2.06. The lowest BCUT2D eigenvalue weighted by atomic mass is 9.99. The summed E-state index contributed by atoms with van der Waals surface area (Å²) in [6.45, 7) is 7.07. The molecule has 0 radical (unpaired) electrons. The fraction of sp³-hybridized carbons (Fsp3) is 0.588. The Hall–Kier alpha value is -1.11. The standard InChI is InChI=1S/C17H25ClN2O3S/c1-12(2)19(4)24(22,23)14-7-8-16(18)15(10-14)17(21)20-9-5-6-13(3)11-20/h7-8,10,12-13H,5-6,9,11H2,1-4H3/t13-/m1/s1. The molecule has 0 aromatic heterocycles. The molecule has 24 heavy (non-hydrogen) atoms. The Morgan fingerprint density at radius 2 is 2.04 bits per heavy atom. The highest BCUT2D eigenvalue weighted by atomic mass is 35.5. The number of hydrogen-bond donors (Lipinski definition) is 0. The molecule has 2 rings (SSSR count). The first-order valence-electron chi connectivity index (χ1n) is 8.21. The lowest BCUT2D eigenvalue weighted by Crippen LogP contribution is -2.39. The van der Waals surface area contributed by atoms with E-state index in [2.05, 4.69) is 6.92 Å². The third-order valence-electron chi connectivity index (χ3n) is 4.52. The summed E-state index contributed by atoms with van der Waals surface area (Å²) in [5.74, 6) is 0.247. The zero-order valence-corrected chi connectivity index (χ0v) is 16.2. The average Bonchev–Trinajstić information content (AvgIpc) is 2.53. The van der Waals surface area contributed by atoms with Crippen LogP contribution in [0.25, 0.3) is 0 Å². The van der Waals surface area contributed by atoms with Crippen molar-refractivity contribution in [3.8, 4) is 0 Å². The second kappa shape index (κ2) is 7.42. The number of benzene rings is 1. The number of amides is 1. The normalized spacial score (nSPS) is 19.1. The van der Waals surface area contributed by atoms with Gasteiger partial charge in [-0.1, -0.05) is 18.5 Å². The van der Waals surface area contributed by atoms with E-state index in [1.54, 1.807) is 18.7 Å². The van der Waals surface area contributed by atoms with Gasteiger partial charge in [-0.2, -0.15) is 4.31 Å². The van der Waals surface area contributed by atoms with Gasteiger partial charge in [0.2, 0.25) is 10.0 Å². The zero-order valence-electron chi connectivity index (χ0n) is 14.6. The van der Waals surface area contributed by atoms with Crippen LogP contribution in [0, 0.1) is 5.92 Å². The summed E-state index contributed by atoms with van der Waals surface area (Å²) in [5, 5.41) is 0.282. The summed E-state index contributed by atoms with van der Waals surface area (Å²) >= 11 is 6.18. The van der Waals surface area contributed by atoms with E-state index in [4.69, 9.17) is 11.6 Å². The van der Waals surface area contributed by atoms with Crippen LogP contribution in [0.4, 0.5) is 0 Å². The summed E-state index contributed by atoms with van der Waals surface area (Å²) < 4.78 is 26.6. The number of hydrogen-bond acceptors (Lipinski definition) is 3. The van der Waals surface area contributed by atoms with Gasteiger partial charge in [0, 0.05) is 26.2 Å². The lowest BCUT2D eigenvalue weighted by Gasteiger charge is -2.31. The first kappa shape index (κ1) is 19.2. The van der Waals surface area contributed by atoms with Gasteiger partial charge >= 0.3 is 0 Å². The van der Waals surface area contributed by atoms with Crippen LogP contribution in [0.2, 0.25) is 5.02 Å². The summed E-state index contributed by atoms with van der Waals surface area (Å²) in [7, 11) is -2.12. The highest BCUT2D eigenvalue weighted by molar-refractivity contribution is 7.89. The van der Waals surface area contributed by atoms with Crippen LogP contribution in [0.5, 0.6) is 0 Å². The minimum absolute atomic E-state index is 0.0940. The number of sulfonamides is 1. The zero-order chi connectivity index (χ0) is 18.1. The number of carbonyl (C=O) groups is 1. The third kappa shape index (κ3) is 3.92. The van der Waals surface area contributed by atoms with E-state index >= 15 is 0 Å². The van der Waals surface area contributed by atoms with Crippen molar-refractivity contribution in [3.05, 3.63) is 28.8 Å². The Labute approximate surface area is 149 Å². The van der Waals surface area contributed by atoms with Crippen molar-refractivity contribution in [1.29, 1.82) is 0 Å². The predicted molar refractivity (Wildman–Crippen MR) is 95.8 cm³/mol. The molecule has 1 saturated heterocycles. The summed E-state index contributed by atoms with van der Waals surface area (Å²) in [4.78, 5) is 14.6. The Bertz CT molecular complexity index is 719. The molecule has 1 amide bonds. The highest BCUT2D eigenvalue weighted by Crippen LogP contribution is 2.26. The van der Waals surface area contributed by atoms with E-state index in [0.29, 0.717) is 19.0 Å². The monoisotopic (exact) mass is 372 g/mol. The molecule has 0 unspecified atom stereocenters. The van der Waals surface area contributed by atoms with Gasteiger partial charge in [0.05, 0.1) is 15.5 Å². The van der Waals surface area contributed by atoms with Gasteiger partial charge in [-0.3, -0.25) is 4.79 Å². The molecule has 1 atom stereocenters. The topological polar surface area (TPSA) is 57.7 Å². The Kier molecular flexibility index (Phi) is 5.94. The molecule has 0 bridgehead atoms. The van der Waals surface area contributed by atoms with Crippen molar-refractivity contribution < 1.29 is 13.2 Å². The van der Waals surface area contributed by atoms with Crippen molar-refractivity contribution >= 4 is 27.5 Å². The lowest BCUT2D eigenvalue weighted by molar-refractivity contribution is 0.0683. The van der Waals surface area contributed by atoms with Crippen LogP contribution < -0.4 is 0 Å². The smallest absolute Gasteiger partial charge is 0.255 e. The molecule has 1 aromatic carbocycles. The highest BCUT2D eigenvalue weighted by Gasteiger charge is 2.27. The van der Waals surface area contributed by atoms with Crippen LogP contribution >= 0.6 is 11.6 Å². The van der Waals surface area contributed by atoms with Crippen LogP contribution in [0.15, 0.2) is 23.1 Å². The van der Waals surface area contributed by atoms with Crippen LogP contribution in [0.3, 0.4) is 0 Å². The molecule has 1 aliphatic rings. The number of piperidine rings is 1. The predicted octanol–water partition coefficient (Wildman–Crippen LogP) is 3.24. The molecule has 1 fully saturated rings. The molecular weight excluding hydrogens is 348 g/mol. The van der Waals surface area contributed by atoms with Gasteiger partial charge in [0.25, 0.3) is 5.91 Å². The van der Waals surface area contributed by atoms with Gasteiger partial charge in [0.1, 0.15) is 0 Å². The van der Waals surface area contributed by atoms with E-state index < -0.39 is 10.0 Å². The van der Waals surface area contributed by atoms with Crippen molar-refractivity contribution in [2.75, 3.05) is 20.1 Å². The van der Waals surface area contributed by atoms with Gasteiger partial charge in [-0.05, 0) is 50.8 Å². The van der Waals surface area contributed by atoms with Crippen molar-refractivity contribution in [2.45, 2.75) is 44.6 Å². The van der Waals surface area contributed by atoms with Crippen LogP contribution in [0.1, 0.15) is 44.0 Å². The van der Waals surface area contributed by atoms with Crippen molar-refractivity contribution in [1.82, 2.24) is 9.21 Å². The molecule has 1 heterocycles. The molecular formula is C17H25ClN2O3S. The van der Waals surface area contributed by atoms with Crippen molar-refractivity contribution in [2.24, 2.45) is 5.92 Å². The molecule has 134 valence electrons. The molecule has 1 aliphatic heterocycles. The minimum atomic E-state index is -3.65. The van der Waals surface area contributed by atoms with E-state index in [1.165, 1.54) is 29.6 Å². The number of nitrogens with zero attached hydrogens (tertiary/aromatic N) is 2. The molecule has 0 N–H and O–H groups in total. The van der Waals surface area contributed by atoms with Gasteiger partial charge in [-0.15, -0.1) is 0 Å². The van der Waals surface area contributed by atoms with E-state index in [9.17, 15) is 13.2 Å². The third-order valence-corrected chi connectivity index (χ3v) is 6.88. The van der Waals surface area contributed by atoms with Gasteiger partial charge < -0.3 is 4.90 Å². The molecule has 0 spiro atoms. The Morgan fingerprint density at radius 3 is 2.62 bits per heavy atom. The van der Waals surface area contributed by atoms with Gasteiger partial charge in [0.15, 0.2) is 0 Å². The van der Waals surface area contributed by atoms with E-state index in [1.807, 2.05) is 0 Å². The van der Waals surface area contributed by atoms with Gasteiger partial charge in [-0.25, -0.2) is 8.42 Å².